The van der Waals surface area contributed by atoms with E-state index in [1.165, 1.54) is 30.7 Å². The molecular formula is C21H21NO6S. The summed E-state index contributed by atoms with van der Waals surface area (Å²) in [5, 5.41) is 12.8. The molecule has 0 spiro atoms. The molecule has 3 rings (SSSR count). The summed E-state index contributed by atoms with van der Waals surface area (Å²) in [6, 6.07) is 12.8. The Kier molecular flexibility index (Phi) is 6.36. The number of carboxylic acids is 1. The number of aromatic carboxylic acids is 1. The molecule has 3 aromatic rings. The summed E-state index contributed by atoms with van der Waals surface area (Å²) in [4.78, 5) is 12.2. The highest BCUT2D eigenvalue weighted by Crippen LogP contribution is 2.37. The number of hydrogen-bond acceptors (Lipinski definition) is 6. The van der Waals surface area contributed by atoms with Crippen LogP contribution in [0.25, 0.3) is 11.1 Å². The van der Waals surface area contributed by atoms with E-state index < -0.39 is 21.6 Å². The standard InChI is InChI=1S/C21H21NO6S/c1-22-10-12-28-20-18(15-9-11-27-13-15)8-7-16(19(20)21(23)24)14-29(25,26)17-5-3-2-4-6-17/h2-9,11,13,22H,10,12,14H2,1H3,(H,23,24). The van der Waals surface area contributed by atoms with E-state index in [-0.39, 0.29) is 28.4 Å². The summed E-state index contributed by atoms with van der Waals surface area (Å²) in [6.45, 7) is 0.715. The van der Waals surface area contributed by atoms with Gasteiger partial charge in [-0.15, -0.1) is 0 Å². The number of benzene rings is 2. The topological polar surface area (TPSA) is 106 Å². The predicted octanol–water partition coefficient (Wildman–Crippen LogP) is 3.22. The van der Waals surface area contributed by atoms with Crippen molar-refractivity contribution in [2.75, 3.05) is 20.2 Å². The maximum atomic E-state index is 12.8. The van der Waals surface area contributed by atoms with Crippen molar-refractivity contribution in [3.05, 3.63) is 72.2 Å². The number of ether oxygens (including phenoxy) is 1. The van der Waals surface area contributed by atoms with Crippen molar-refractivity contribution in [2.24, 2.45) is 0 Å². The first-order valence-electron chi connectivity index (χ1n) is 8.91. The van der Waals surface area contributed by atoms with Gasteiger partial charge in [-0.05, 0) is 30.8 Å². The van der Waals surface area contributed by atoms with E-state index in [1.54, 1.807) is 37.4 Å². The Morgan fingerprint density at radius 2 is 1.90 bits per heavy atom. The molecule has 7 nitrogen and oxygen atoms in total. The van der Waals surface area contributed by atoms with Gasteiger partial charge in [0.2, 0.25) is 0 Å². The van der Waals surface area contributed by atoms with Crippen LogP contribution in [-0.4, -0.2) is 39.7 Å². The van der Waals surface area contributed by atoms with Crippen LogP contribution in [0.1, 0.15) is 15.9 Å². The number of carbonyl (C=O) groups is 1. The third-order valence-electron chi connectivity index (χ3n) is 4.34. The van der Waals surface area contributed by atoms with Crippen LogP contribution in [0.4, 0.5) is 0 Å². The van der Waals surface area contributed by atoms with Crippen LogP contribution in [0.3, 0.4) is 0 Å². The van der Waals surface area contributed by atoms with Crippen LogP contribution >= 0.6 is 0 Å². The molecule has 0 bridgehead atoms. The summed E-state index contributed by atoms with van der Waals surface area (Å²) in [5.74, 6) is -1.59. The lowest BCUT2D eigenvalue weighted by atomic mass is 9.99. The van der Waals surface area contributed by atoms with E-state index in [1.807, 2.05) is 0 Å². The maximum Gasteiger partial charge on any atom is 0.339 e. The largest absolute Gasteiger partial charge is 0.491 e. The zero-order chi connectivity index (χ0) is 20.9. The summed E-state index contributed by atoms with van der Waals surface area (Å²) in [6.07, 6.45) is 2.95. The quantitative estimate of drug-likeness (QED) is 0.517. The second-order valence-corrected chi connectivity index (χ2v) is 8.31. The van der Waals surface area contributed by atoms with Crippen molar-refractivity contribution < 1.29 is 27.5 Å². The number of carboxylic acid groups (broad SMARTS) is 1. The molecular weight excluding hydrogens is 394 g/mol. The van der Waals surface area contributed by atoms with Gasteiger partial charge in [-0.3, -0.25) is 0 Å². The first kappa shape index (κ1) is 20.6. The number of hydrogen-bond donors (Lipinski definition) is 2. The Morgan fingerprint density at radius 3 is 2.52 bits per heavy atom. The lowest BCUT2D eigenvalue weighted by molar-refractivity contribution is 0.0691. The van der Waals surface area contributed by atoms with Crippen molar-refractivity contribution in [3.63, 3.8) is 0 Å². The molecule has 0 radical (unpaired) electrons. The van der Waals surface area contributed by atoms with Crippen molar-refractivity contribution in [1.82, 2.24) is 5.32 Å². The van der Waals surface area contributed by atoms with E-state index in [9.17, 15) is 18.3 Å². The molecule has 0 aliphatic rings. The summed E-state index contributed by atoms with van der Waals surface area (Å²) >= 11 is 0. The number of sulfone groups is 1. The molecule has 0 atom stereocenters. The first-order chi connectivity index (χ1) is 13.9. The van der Waals surface area contributed by atoms with Crippen LogP contribution in [0.5, 0.6) is 5.75 Å². The Morgan fingerprint density at radius 1 is 1.14 bits per heavy atom. The second-order valence-electron chi connectivity index (χ2n) is 6.32. The number of likely N-dealkylation sites (N-methyl/N-ethyl adjacent to an activating group) is 1. The molecule has 1 heterocycles. The van der Waals surface area contributed by atoms with Gasteiger partial charge in [0.05, 0.1) is 23.2 Å². The molecule has 0 aliphatic carbocycles. The third kappa shape index (κ3) is 4.67. The van der Waals surface area contributed by atoms with Gasteiger partial charge >= 0.3 is 5.97 Å². The predicted molar refractivity (Wildman–Crippen MR) is 108 cm³/mol. The van der Waals surface area contributed by atoms with E-state index in [0.29, 0.717) is 17.7 Å². The van der Waals surface area contributed by atoms with Crippen LogP contribution < -0.4 is 10.1 Å². The summed E-state index contributed by atoms with van der Waals surface area (Å²) in [5.41, 5.74) is 1.16. The van der Waals surface area contributed by atoms with Crippen LogP contribution in [0.2, 0.25) is 0 Å². The molecule has 0 unspecified atom stereocenters. The summed E-state index contributed by atoms with van der Waals surface area (Å²) < 4.78 is 36.5. The van der Waals surface area contributed by atoms with Crippen LogP contribution in [0.15, 0.2) is 70.4 Å². The third-order valence-corrected chi connectivity index (χ3v) is 6.02. The van der Waals surface area contributed by atoms with Crippen molar-refractivity contribution in [3.8, 4) is 16.9 Å². The zero-order valence-corrected chi connectivity index (χ0v) is 16.6. The lowest BCUT2D eigenvalue weighted by Crippen LogP contribution is -2.18. The van der Waals surface area contributed by atoms with E-state index in [4.69, 9.17) is 9.15 Å². The minimum atomic E-state index is -3.73. The molecule has 8 heteroatoms. The first-order valence-corrected chi connectivity index (χ1v) is 10.6. The monoisotopic (exact) mass is 415 g/mol. The van der Waals surface area contributed by atoms with Crippen LogP contribution in [-0.2, 0) is 15.6 Å². The van der Waals surface area contributed by atoms with Gasteiger partial charge in [0.1, 0.15) is 17.9 Å². The molecule has 0 aliphatic heterocycles. The molecule has 152 valence electrons. The van der Waals surface area contributed by atoms with Gasteiger partial charge < -0.3 is 19.6 Å². The average Bonchev–Trinajstić information content (AvgIpc) is 3.23. The molecule has 1 aromatic heterocycles. The smallest absolute Gasteiger partial charge is 0.339 e. The Balaban J connectivity index is 2.10. The minimum Gasteiger partial charge on any atom is -0.491 e. The molecule has 0 amide bonds. The lowest BCUT2D eigenvalue weighted by Gasteiger charge is -2.17. The summed E-state index contributed by atoms with van der Waals surface area (Å²) in [7, 11) is -1.98. The molecule has 2 N–H and O–H groups in total. The molecule has 0 saturated heterocycles. The molecule has 0 fully saturated rings. The molecule has 2 aromatic carbocycles. The maximum absolute atomic E-state index is 12.8. The highest BCUT2D eigenvalue weighted by Gasteiger charge is 2.26. The van der Waals surface area contributed by atoms with Crippen molar-refractivity contribution in [1.29, 1.82) is 0 Å². The number of furan rings is 1. The van der Waals surface area contributed by atoms with Crippen molar-refractivity contribution in [2.45, 2.75) is 10.6 Å². The van der Waals surface area contributed by atoms with Gasteiger partial charge in [0.25, 0.3) is 0 Å². The van der Waals surface area contributed by atoms with E-state index >= 15 is 0 Å². The normalized spacial score (nSPS) is 11.3. The second kappa shape index (κ2) is 8.93. The van der Waals surface area contributed by atoms with Gasteiger partial charge in [-0.2, -0.15) is 0 Å². The Hall–Kier alpha value is -3.10. The average molecular weight is 415 g/mol. The van der Waals surface area contributed by atoms with E-state index in [2.05, 4.69) is 5.32 Å². The Labute approximate surface area is 168 Å². The Bertz CT molecular complexity index is 1080. The zero-order valence-electron chi connectivity index (χ0n) is 15.8. The van der Waals surface area contributed by atoms with E-state index in [0.717, 1.165) is 0 Å². The van der Waals surface area contributed by atoms with Gasteiger partial charge in [-0.1, -0.05) is 30.3 Å². The van der Waals surface area contributed by atoms with Gasteiger partial charge in [0.15, 0.2) is 9.84 Å². The minimum absolute atomic E-state index is 0.120. The van der Waals surface area contributed by atoms with Crippen LogP contribution in [0, 0.1) is 0 Å². The molecule has 29 heavy (non-hydrogen) atoms. The fourth-order valence-corrected chi connectivity index (χ4v) is 4.33. The number of nitrogens with one attached hydrogen (secondary N) is 1. The SMILES string of the molecule is CNCCOc1c(-c2ccoc2)ccc(CS(=O)(=O)c2ccccc2)c1C(=O)O. The number of rotatable bonds is 9. The van der Waals surface area contributed by atoms with Crippen molar-refractivity contribution >= 4 is 15.8 Å². The highest BCUT2D eigenvalue weighted by atomic mass is 32.2. The van der Waals surface area contributed by atoms with Gasteiger partial charge in [-0.25, -0.2) is 13.2 Å². The fraction of sp³-hybridized carbons (Fsp3) is 0.190. The fourth-order valence-electron chi connectivity index (χ4n) is 2.94. The molecule has 0 saturated carbocycles. The highest BCUT2D eigenvalue weighted by molar-refractivity contribution is 7.90. The van der Waals surface area contributed by atoms with Gasteiger partial charge in [0, 0.05) is 17.7 Å².